The third-order valence-electron chi connectivity index (χ3n) is 2.00. The van der Waals surface area contributed by atoms with Crippen molar-refractivity contribution in [3.63, 3.8) is 0 Å². The van der Waals surface area contributed by atoms with Crippen molar-refractivity contribution in [2.45, 2.75) is 25.7 Å². The molecule has 82 valence electrons. The maximum atomic E-state index is 9.01. The zero-order valence-electron chi connectivity index (χ0n) is 8.12. The summed E-state index contributed by atoms with van der Waals surface area (Å²) in [5.74, 6) is 1.24. The average Bonchev–Trinajstić information content (AvgIpc) is 2.80. The molecule has 15 heavy (non-hydrogen) atoms. The summed E-state index contributed by atoms with van der Waals surface area (Å²) < 4.78 is 4.79. The van der Waals surface area contributed by atoms with Crippen LogP contribution in [0.2, 0.25) is 0 Å². The zero-order valence-corrected chi connectivity index (χ0v) is 9.83. The predicted molar refractivity (Wildman–Crippen MR) is 58.1 cm³/mol. The first kappa shape index (κ1) is 11.0. The van der Waals surface area contributed by atoms with E-state index in [0.717, 1.165) is 18.5 Å². The highest BCUT2D eigenvalue weighted by molar-refractivity contribution is 8.06. The lowest BCUT2D eigenvalue weighted by Gasteiger charge is -2.10. The second-order valence-electron chi connectivity index (χ2n) is 3.56. The van der Waals surface area contributed by atoms with Crippen LogP contribution in [-0.4, -0.2) is 19.8 Å². The fraction of sp³-hybridized carbons (Fsp3) is 0.500. The van der Waals surface area contributed by atoms with Crippen LogP contribution < -0.4 is 4.52 Å². The molecule has 1 aliphatic carbocycles. The van der Waals surface area contributed by atoms with Crippen molar-refractivity contribution in [2.75, 3.05) is 0 Å². The van der Waals surface area contributed by atoms with Crippen molar-refractivity contribution in [2.24, 2.45) is 0 Å². The number of aromatic nitrogens is 2. The second-order valence-corrected chi connectivity index (χ2v) is 6.15. The van der Waals surface area contributed by atoms with Gasteiger partial charge < -0.3 is 14.3 Å². The molecule has 0 aromatic carbocycles. The van der Waals surface area contributed by atoms with Crippen LogP contribution in [0.15, 0.2) is 6.07 Å². The van der Waals surface area contributed by atoms with Gasteiger partial charge in [0.1, 0.15) is 5.82 Å². The molecule has 0 atom stereocenters. The fourth-order valence-corrected chi connectivity index (χ4v) is 1.82. The van der Waals surface area contributed by atoms with E-state index in [1.165, 1.54) is 0 Å². The van der Waals surface area contributed by atoms with Crippen molar-refractivity contribution in [3.8, 4) is 5.88 Å². The second kappa shape index (κ2) is 3.79. The Kier molecular flexibility index (Phi) is 2.77. The lowest BCUT2D eigenvalue weighted by molar-refractivity contribution is 0.363. The fourth-order valence-electron chi connectivity index (χ4n) is 1.25. The van der Waals surface area contributed by atoms with Crippen molar-refractivity contribution >= 4 is 18.5 Å². The Morgan fingerprint density at radius 3 is 2.67 bits per heavy atom. The minimum Gasteiger partial charge on any atom is -0.406 e. The van der Waals surface area contributed by atoms with Crippen LogP contribution in [0.5, 0.6) is 5.88 Å². The first-order valence-corrected chi connectivity index (χ1v) is 7.17. The summed E-state index contributed by atoms with van der Waals surface area (Å²) in [6.45, 7) is -1.89. The third kappa shape index (κ3) is 3.21. The highest BCUT2D eigenvalue weighted by Gasteiger charge is 2.27. The summed E-state index contributed by atoms with van der Waals surface area (Å²) in [5.41, 5.74) is 0.741. The molecular formula is C8H11N2O3PS. The monoisotopic (exact) mass is 246 g/mol. The Hall–Kier alpha value is -0.550. The van der Waals surface area contributed by atoms with Crippen molar-refractivity contribution in [1.29, 1.82) is 0 Å². The molecule has 1 heterocycles. The summed E-state index contributed by atoms with van der Waals surface area (Å²) in [4.78, 5) is 26.4. The quantitative estimate of drug-likeness (QED) is 0.782. The Bertz CT molecular complexity index is 430. The van der Waals surface area contributed by atoms with Gasteiger partial charge in [0.25, 0.3) is 0 Å². The van der Waals surface area contributed by atoms with Gasteiger partial charge in [-0.1, -0.05) is 0 Å². The van der Waals surface area contributed by atoms with Gasteiger partial charge in [0, 0.05) is 29.5 Å². The maximum absolute atomic E-state index is 9.01. The minimum atomic E-state index is -3.69. The largest absolute Gasteiger partial charge is 0.406 e. The number of hydrogen-bond acceptors (Lipinski definition) is 4. The molecule has 0 saturated heterocycles. The molecule has 5 nitrogen and oxygen atoms in total. The van der Waals surface area contributed by atoms with Gasteiger partial charge in [-0.05, 0) is 19.8 Å². The van der Waals surface area contributed by atoms with E-state index in [1.807, 2.05) is 0 Å². The van der Waals surface area contributed by atoms with E-state index in [0.29, 0.717) is 11.7 Å². The number of rotatable bonds is 3. The Morgan fingerprint density at radius 2 is 2.13 bits per heavy atom. The molecule has 7 heteroatoms. The maximum Gasteiger partial charge on any atom is 0.376 e. The van der Waals surface area contributed by atoms with Crippen LogP contribution >= 0.6 is 6.72 Å². The molecule has 1 aromatic rings. The minimum absolute atomic E-state index is 0.151. The topological polar surface area (TPSA) is 75.5 Å². The smallest absolute Gasteiger partial charge is 0.376 e. The van der Waals surface area contributed by atoms with Crippen LogP contribution in [0.1, 0.15) is 30.3 Å². The van der Waals surface area contributed by atoms with Gasteiger partial charge in [0.05, 0.1) is 0 Å². The summed E-state index contributed by atoms with van der Waals surface area (Å²) in [5, 5.41) is 0. The Balaban J connectivity index is 2.27. The third-order valence-corrected chi connectivity index (χ3v) is 2.65. The van der Waals surface area contributed by atoms with Crippen molar-refractivity contribution in [3.05, 3.63) is 17.6 Å². The van der Waals surface area contributed by atoms with E-state index >= 15 is 0 Å². The Labute approximate surface area is 92.4 Å². The van der Waals surface area contributed by atoms with E-state index in [4.69, 9.17) is 14.3 Å². The Morgan fingerprint density at radius 1 is 1.47 bits per heavy atom. The van der Waals surface area contributed by atoms with Crippen LogP contribution in [-0.2, 0) is 11.8 Å². The van der Waals surface area contributed by atoms with Gasteiger partial charge in [0.2, 0.25) is 5.88 Å². The SMILES string of the molecule is Cc1cc(OP(O)(O)=S)nc(C2CC2)n1. The van der Waals surface area contributed by atoms with Crippen molar-refractivity contribution < 1.29 is 14.3 Å². The molecule has 0 radical (unpaired) electrons. The molecule has 1 aromatic heterocycles. The van der Waals surface area contributed by atoms with E-state index in [9.17, 15) is 0 Å². The van der Waals surface area contributed by atoms with Crippen LogP contribution in [0.4, 0.5) is 0 Å². The lowest BCUT2D eigenvalue weighted by Crippen LogP contribution is -1.99. The first-order valence-electron chi connectivity index (χ1n) is 4.55. The lowest BCUT2D eigenvalue weighted by atomic mass is 10.3. The van der Waals surface area contributed by atoms with E-state index in [2.05, 4.69) is 21.8 Å². The standard InChI is InChI=1S/C8H11N2O3PS/c1-5-4-7(13-14(11,12)15)10-8(9-5)6-2-3-6/h4,6H,2-3H2,1H3,(H2,11,12,15). The molecular weight excluding hydrogens is 235 g/mol. The predicted octanol–water partition coefficient (Wildman–Crippen LogP) is 1.25. The van der Waals surface area contributed by atoms with Gasteiger partial charge in [-0.15, -0.1) is 0 Å². The number of nitrogens with zero attached hydrogens (tertiary/aromatic N) is 2. The molecule has 0 bridgehead atoms. The van der Waals surface area contributed by atoms with Gasteiger partial charge >= 0.3 is 6.72 Å². The van der Waals surface area contributed by atoms with Crippen LogP contribution in [0, 0.1) is 6.92 Å². The van der Waals surface area contributed by atoms with Gasteiger partial charge in [-0.2, -0.15) is 4.98 Å². The molecule has 0 aliphatic heterocycles. The first-order chi connectivity index (χ1) is 6.94. The molecule has 0 unspecified atom stereocenters. The molecule has 2 N–H and O–H groups in total. The molecule has 1 aliphatic rings. The highest BCUT2D eigenvalue weighted by atomic mass is 32.5. The zero-order chi connectivity index (χ0) is 11.1. The molecule has 1 saturated carbocycles. The normalized spacial score (nSPS) is 16.5. The highest BCUT2D eigenvalue weighted by Crippen LogP contribution is 2.41. The van der Waals surface area contributed by atoms with Crippen LogP contribution in [0.3, 0.4) is 0 Å². The van der Waals surface area contributed by atoms with E-state index in [-0.39, 0.29) is 5.88 Å². The van der Waals surface area contributed by atoms with Gasteiger partial charge in [-0.25, -0.2) is 4.98 Å². The molecule has 1 fully saturated rings. The summed E-state index contributed by atoms with van der Waals surface area (Å²) >= 11 is 4.37. The number of aryl methyl sites for hydroxylation is 1. The van der Waals surface area contributed by atoms with E-state index in [1.54, 1.807) is 13.0 Å². The summed E-state index contributed by atoms with van der Waals surface area (Å²) in [6.07, 6.45) is 2.16. The summed E-state index contributed by atoms with van der Waals surface area (Å²) in [6, 6.07) is 1.54. The molecule has 0 spiro atoms. The van der Waals surface area contributed by atoms with Gasteiger partial charge in [-0.3, -0.25) is 0 Å². The van der Waals surface area contributed by atoms with E-state index < -0.39 is 6.72 Å². The summed E-state index contributed by atoms with van der Waals surface area (Å²) in [7, 11) is 0. The average molecular weight is 246 g/mol. The van der Waals surface area contributed by atoms with Crippen LogP contribution in [0.25, 0.3) is 0 Å². The molecule has 0 amide bonds. The van der Waals surface area contributed by atoms with Crippen molar-refractivity contribution in [1.82, 2.24) is 9.97 Å². The number of hydrogen-bond donors (Lipinski definition) is 2. The van der Waals surface area contributed by atoms with Gasteiger partial charge in [0.15, 0.2) is 0 Å². The molecule has 2 rings (SSSR count).